The van der Waals surface area contributed by atoms with Gasteiger partial charge in [0.05, 0.1) is 4.90 Å². The molecule has 1 aliphatic heterocycles. The largest absolute Gasteiger partial charge is 0.353 e. The summed E-state index contributed by atoms with van der Waals surface area (Å²) in [5, 5.41) is 5.02. The zero-order valence-electron chi connectivity index (χ0n) is 17.7. The minimum absolute atomic E-state index is 0.0196. The molecule has 6 heteroatoms. The van der Waals surface area contributed by atoms with Gasteiger partial charge in [0.15, 0.2) is 0 Å². The van der Waals surface area contributed by atoms with Gasteiger partial charge in [-0.3, -0.25) is 4.79 Å². The first-order chi connectivity index (χ1) is 14.9. The van der Waals surface area contributed by atoms with Crippen molar-refractivity contribution < 1.29 is 13.2 Å². The molecule has 3 aromatic rings. The fourth-order valence-corrected chi connectivity index (χ4v) is 5.72. The Labute approximate surface area is 184 Å². The number of carbonyl (C=O) groups excluding carboxylic acids is 1. The normalized spacial score (nSPS) is 16.8. The van der Waals surface area contributed by atoms with Crippen LogP contribution in [0.4, 0.5) is 0 Å². The van der Waals surface area contributed by atoms with E-state index in [1.807, 2.05) is 55.5 Å². The zero-order valence-corrected chi connectivity index (χ0v) is 18.5. The maximum absolute atomic E-state index is 13.1. The molecule has 5 nitrogen and oxygen atoms in total. The third-order valence-electron chi connectivity index (χ3n) is 5.96. The smallest absolute Gasteiger partial charge is 0.243 e. The molecule has 3 aromatic carbocycles. The summed E-state index contributed by atoms with van der Waals surface area (Å²) in [5.74, 6) is -0.132. The second-order valence-electron chi connectivity index (χ2n) is 8.29. The molecular formula is C25H28N2O3S. The predicted octanol–water partition coefficient (Wildman–Crippen LogP) is 3.99. The second kappa shape index (κ2) is 9.20. The number of amides is 1. The molecule has 1 saturated heterocycles. The number of nitrogens with zero attached hydrogens (tertiary/aromatic N) is 1. The lowest BCUT2D eigenvalue weighted by Crippen LogP contribution is -2.45. The summed E-state index contributed by atoms with van der Waals surface area (Å²) in [6.45, 7) is 2.73. The van der Waals surface area contributed by atoms with E-state index in [4.69, 9.17) is 0 Å². The first-order valence-electron chi connectivity index (χ1n) is 10.8. The Bertz CT molecular complexity index is 1150. The average molecular weight is 437 g/mol. The number of carbonyl (C=O) groups is 1. The van der Waals surface area contributed by atoms with E-state index in [0.717, 1.165) is 17.2 Å². The van der Waals surface area contributed by atoms with E-state index < -0.39 is 10.0 Å². The molecule has 1 heterocycles. The van der Waals surface area contributed by atoms with Crippen LogP contribution in [0.2, 0.25) is 0 Å². The lowest BCUT2D eigenvalue weighted by atomic mass is 9.96. The number of hydrogen-bond acceptors (Lipinski definition) is 3. The maximum Gasteiger partial charge on any atom is 0.243 e. The molecule has 0 aliphatic carbocycles. The zero-order chi connectivity index (χ0) is 21.8. The van der Waals surface area contributed by atoms with Crippen molar-refractivity contribution in [3.05, 3.63) is 78.4 Å². The van der Waals surface area contributed by atoms with Crippen LogP contribution in [0.3, 0.4) is 0 Å². The van der Waals surface area contributed by atoms with Crippen molar-refractivity contribution in [1.82, 2.24) is 9.62 Å². The second-order valence-corrected chi connectivity index (χ2v) is 10.2. The molecule has 31 heavy (non-hydrogen) atoms. The van der Waals surface area contributed by atoms with E-state index in [-0.39, 0.29) is 17.9 Å². The van der Waals surface area contributed by atoms with Crippen molar-refractivity contribution in [2.75, 3.05) is 13.1 Å². The fourth-order valence-electron chi connectivity index (χ4n) is 4.21. The highest BCUT2D eigenvalue weighted by molar-refractivity contribution is 7.89. The Morgan fingerprint density at radius 2 is 1.61 bits per heavy atom. The molecule has 0 saturated carbocycles. The van der Waals surface area contributed by atoms with Gasteiger partial charge in [0.1, 0.15) is 0 Å². The Balaban J connectivity index is 1.35. The molecule has 1 amide bonds. The molecule has 4 rings (SSSR count). The average Bonchev–Trinajstić information content (AvgIpc) is 2.79. The number of nitrogens with one attached hydrogen (secondary N) is 1. The van der Waals surface area contributed by atoms with Crippen LogP contribution < -0.4 is 5.32 Å². The van der Waals surface area contributed by atoms with Crippen LogP contribution in [-0.4, -0.2) is 37.8 Å². The van der Waals surface area contributed by atoms with Crippen LogP contribution in [0.5, 0.6) is 0 Å². The Morgan fingerprint density at radius 1 is 0.968 bits per heavy atom. The molecule has 1 fully saturated rings. The van der Waals surface area contributed by atoms with Crippen LogP contribution >= 0.6 is 0 Å². The van der Waals surface area contributed by atoms with Gasteiger partial charge in [-0.1, -0.05) is 60.7 Å². The van der Waals surface area contributed by atoms with E-state index in [2.05, 4.69) is 17.4 Å². The quantitative estimate of drug-likeness (QED) is 0.635. The van der Waals surface area contributed by atoms with Crippen molar-refractivity contribution in [1.29, 1.82) is 0 Å². The van der Waals surface area contributed by atoms with Crippen LogP contribution in [0.15, 0.2) is 77.7 Å². The highest BCUT2D eigenvalue weighted by Gasteiger charge is 2.32. The Kier molecular flexibility index (Phi) is 6.39. The topological polar surface area (TPSA) is 66.5 Å². The molecule has 0 spiro atoms. The van der Waals surface area contributed by atoms with Crippen molar-refractivity contribution in [3.63, 3.8) is 0 Å². The van der Waals surface area contributed by atoms with Gasteiger partial charge in [-0.2, -0.15) is 4.31 Å². The van der Waals surface area contributed by atoms with E-state index in [0.29, 0.717) is 30.8 Å². The summed E-state index contributed by atoms with van der Waals surface area (Å²) in [4.78, 5) is 13.0. The molecule has 1 aliphatic rings. The highest BCUT2D eigenvalue weighted by Crippen LogP contribution is 2.26. The Morgan fingerprint density at radius 3 is 2.32 bits per heavy atom. The molecule has 0 radical (unpaired) electrons. The predicted molar refractivity (Wildman–Crippen MR) is 123 cm³/mol. The lowest BCUT2D eigenvalue weighted by Gasteiger charge is -2.31. The van der Waals surface area contributed by atoms with E-state index in [1.165, 1.54) is 9.87 Å². The first kappa shape index (κ1) is 21.5. The van der Waals surface area contributed by atoms with Crippen LogP contribution in [0.1, 0.15) is 25.3 Å². The van der Waals surface area contributed by atoms with Crippen LogP contribution in [0.25, 0.3) is 10.8 Å². The van der Waals surface area contributed by atoms with Crippen molar-refractivity contribution >= 4 is 26.7 Å². The van der Waals surface area contributed by atoms with Gasteiger partial charge in [0.2, 0.25) is 15.9 Å². The summed E-state index contributed by atoms with van der Waals surface area (Å²) >= 11 is 0. The van der Waals surface area contributed by atoms with Crippen molar-refractivity contribution in [3.8, 4) is 0 Å². The van der Waals surface area contributed by atoms with E-state index in [9.17, 15) is 13.2 Å². The number of rotatable bonds is 6. The van der Waals surface area contributed by atoms with Gasteiger partial charge in [-0.25, -0.2) is 8.42 Å². The van der Waals surface area contributed by atoms with Gasteiger partial charge < -0.3 is 5.32 Å². The first-order valence-corrected chi connectivity index (χ1v) is 12.2. The summed E-state index contributed by atoms with van der Waals surface area (Å²) in [7, 11) is -3.56. The summed E-state index contributed by atoms with van der Waals surface area (Å²) < 4.78 is 27.7. The minimum Gasteiger partial charge on any atom is -0.353 e. The van der Waals surface area contributed by atoms with Gasteiger partial charge in [-0.15, -0.1) is 0 Å². The summed E-state index contributed by atoms with van der Waals surface area (Å²) in [5.41, 5.74) is 1.19. The number of piperidine rings is 1. The van der Waals surface area contributed by atoms with Gasteiger partial charge in [0, 0.05) is 25.0 Å². The third-order valence-corrected chi connectivity index (χ3v) is 7.85. The molecular weight excluding hydrogens is 408 g/mol. The number of hydrogen-bond donors (Lipinski definition) is 1. The Hall–Kier alpha value is -2.70. The molecule has 1 unspecified atom stereocenters. The monoisotopic (exact) mass is 436 g/mol. The molecule has 1 atom stereocenters. The molecule has 0 bridgehead atoms. The van der Waals surface area contributed by atoms with Gasteiger partial charge >= 0.3 is 0 Å². The van der Waals surface area contributed by atoms with Crippen molar-refractivity contribution in [2.24, 2.45) is 5.92 Å². The highest BCUT2D eigenvalue weighted by atomic mass is 32.2. The van der Waals surface area contributed by atoms with Crippen LogP contribution in [0, 0.1) is 5.92 Å². The SMILES string of the molecule is CC(Cc1ccccc1)NC(=O)C1CCN(S(=O)(=O)c2ccc3ccccc3c2)CC1. The molecule has 1 N–H and O–H groups in total. The standard InChI is InChI=1S/C25H28N2O3S/c1-19(17-20-7-3-2-4-8-20)26-25(28)22-13-15-27(16-14-22)31(29,30)24-12-11-21-9-5-6-10-23(21)18-24/h2-12,18-19,22H,13-17H2,1H3,(H,26,28). The maximum atomic E-state index is 13.1. The number of sulfonamides is 1. The summed E-state index contributed by atoms with van der Waals surface area (Å²) in [6.07, 6.45) is 1.86. The van der Waals surface area contributed by atoms with E-state index in [1.54, 1.807) is 12.1 Å². The summed E-state index contributed by atoms with van der Waals surface area (Å²) in [6, 6.07) is 23.1. The third kappa shape index (κ3) is 4.97. The van der Waals surface area contributed by atoms with E-state index >= 15 is 0 Å². The lowest BCUT2D eigenvalue weighted by molar-refractivity contribution is -0.126. The molecule has 162 valence electrons. The van der Waals surface area contributed by atoms with Crippen molar-refractivity contribution in [2.45, 2.75) is 37.1 Å². The number of benzene rings is 3. The fraction of sp³-hybridized carbons (Fsp3) is 0.320. The number of fused-ring (bicyclic) bond motifs is 1. The van der Waals surface area contributed by atoms with Gasteiger partial charge in [-0.05, 0) is 54.7 Å². The minimum atomic E-state index is -3.56. The van der Waals surface area contributed by atoms with Gasteiger partial charge in [0.25, 0.3) is 0 Å². The van der Waals surface area contributed by atoms with Crippen LogP contribution in [-0.2, 0) is 21.2 Å². The molecule has 0 aromatic heterocycles.